The first-order valence-electron chi connectivity index (χ1n) is 9.82. The van der Waals surface area contributed by atoms with E-state index < -0.39 is 0 Å². The van der Waals surface area contributed by atoms with Gasteiger partial charge in [-0.1, -0.05) is 55.8 Å². The lowest BCUT2D eigenvalue weighted by molar-refractivity contribution is -0.123. The molecular formula is C22H26ClN3O2S. The molecule has 0 saturated heterocycles. The number of hydrogen-bond donors (Lipinski definition) is 1. The average Bonchev–Trinajstić information content (AvgIpc) is 2.74. The lowest BCUT2D eigenvalue weighted by Crippen LogP contribution is -2.45. The van der Waals surface area contributed by atoms with Gasteiger partial charge in [-0.15, -0.1) is 11.8 Å². The maximum Gasteiger partial charge on any atom is 0.240 e. The number of anilines is 1. The molecule has 0 fully saturated rings. The number of nitrogens with zero attached hydrogens (tertiary/aromatic N) is 2. The average molecular weight is 432 g/mol. The zero-order valence-corrected chi connectivity index (χ0v) is 18.3. The Morgan fingerprint density at radius 2 is 1.86 bits per heavy atom. The number of halogens is 1. The van der Waals surface area contributed by atoms with Crippen molar-refractivity contribution in [3.63, 3.8) is 0 Å². The van der Waals surface area contributed by atoms with Gasteiger partial charge in [0.25, 0.3) is 0 Å². The molecule has 29 heavy (non-hydrogen) atoms. The highest BCUT2D eigenvalue weighted by molar-refractivity contribution is 8.00. The number of benzene rings is 2. The van der Waals surface area contributed by atoms with Crippen LogP contribution in [-0.2, 0) is 9.59 Å². The number of hydrogen-bond acceptors (Lipinski definition) is 4. The lowest BCUT2D eigenvalue weighted by atomic mass is 10.0. The summed E-state index contributed by atoms with van der Waals surface area (Å²) in [6.45, 7) is 6.33. The molecule has 0 spiro atoms. The summed E-state index contributed by atoms with van der Waals surface area (Å²) in [5, 5.41) is 3.71. The third-order valence-corrected chi connectivity index (χ3v) is 6.51. The van der Waals surface area contributed by atoms with E-state index in [-0.39, 0.29) is 24.4 Å². The van der Waals surface area contributed by atoms with Crippen LogP contribution < -0.4 is 10.2 Å². The van der Waals surface area contributed by atoms with E-state index in [2.05, 4.69) is 24.1 Å². The molecule has 3 rings (SSSR count). The molecular weight excluding hydrogens is 406 g/mol. The minimum Gasteiger partial charge on any atom is -0.353 e. The first kappa shape index (κ1) is 21.7. The molecule has 0 aliphatic carbocycles. The molecule has 1 atom stereocenters. The van der Waals surface area contributed by atoms with Crippen molar-refractivity contribution in [1.82, 2.24) is 10.2 Å². The summed E-state index contributed by atoms with van der Waals surface area (Å²) >= 11 is 7.94. The Kier molecular flexibility index (Phi) is 7.58. The fraction of sp³-hybridized carbons (Fsp3) is 0.364. The molecule has 7 heteroatoms. The molecule has 2 aromatic carbocycles. The van der Waals surface area contributed by atoms with Crippen LogP contribution in [0.5, 0.6) is 0 Å². The summed E-state index contributed by atoms with van der Waals surface area (Å²) in [7, 11) is 0. The summed E-state index contributed by atoms with van der Waals surface area (Å²) in [5.74, 6) is 0.130. The van der Waals surface area contributed by atoms with Crippen molar-refractivity contribution in [2.75, 3.05) is 36.8 Å². The second-order valence-corrected chi connectivity index (χ2v) is 8.22. The highest BCUT2D eigenvalue weighted by Gasteiger charge is 2.27. The maximum atomic E-state index is 12.7. The van der Waals surface area contributed by atoms with Crippen molar-refractivity contribution < 1.29 is 9.59 Å². The van der Waals surface area contributed by atoms with Crippen LogP contribution in [-0.4, -0.2) is 48.6 Å². The Labute approximate surface area is 181 Å². The Morgan fingerprint density at radius 1 is 1.17 bits per heavy atom. The number of thioether (sulfide) groups is 1. The van der Waals surface area contributed by atoms with Crippen LogP contribution in [0.1, 0.15) is 25.5 Å². The number of fused-ring (bicyclic) bond motifs is 1. The topological polar surface area (TPSA) is 52.7 Å². The smallest absolute Gasteiger partial charge is 0.240 e. The minimum absolute atomic E-state index is 0.0178. The fourth-order valence-electron chi connectivity index (χ4n) is 3.58. The number of likely N-dealkylation sites (N-methyl/N-ethyl adjacent to an activating group) is 1. The van der Waals surface area contributed by atoms with Crippen LogP contribution in [0.4, 0.5) is 5.69 Å². The summed E-state index contributed by atoms with van der Waals surface area (Å²) in [6.07, 6.45) is 0. The summed E-state index contributed by atoms with van der Waals surface area (Å²) < 4.78 is 0. The Balaban J connectivity index is 1.71. The third-order valence-electron chi connectivity index (χ3n) is 5.12. The van der Waals surface area contributed by atoms with Crippen LogP contribution in [0.2, 0.25) is 5.02 Å². The first-order chi connectivity index (χ1) is 14.0. The van der Waals surface area contributed by atoms with Crippen LogP contribution >= 0.6 is 23.4 Å². The second kappa shape index (κ2) is 10.1. The Hall–Kier alpha value is -2.02. The van der Waals surface area contributed by atoms with E-state index in [0.29, 0.717) is 17.3 Å². The number of para-hydroxylation sites is 1. The van der Waals surface area contributed by atoms with Crippen molar-refractivity contribution in [2.45, 2.75) is 24.8 Å². The first-order valence-corrected chi connectivity index (χ1v) is 11.2. The molecule has 2 amide bonds. The van der Waals surface area contributed by atoms with Gasteiger partial charge in [0.2, 0.25) is 11.8 Å². The van der Waals surface area contributed by atoms with E-state index in [1.54, 1.807) is 4.90 Å². The highest BCUT2D eigenvalue weighted by Crippen LogP contribution is 2.34. The van der Waals surface area contributed by atoms with Crippen molar-refractivity contribution in [3.05, 3.63) is 59.1 Å². The molecule has 1 aliphatic heterocycles. The quantitative estimate of drug-likeness (QED) is 0.686. The van der Waals surface area contributed by atoms with E-state index in [9.17, 15) is 9.59 Å². The van der Waals surface area contributed by atoms with Gasteiger partial charge in [0.1, 0.15) is 6.54 Å². The second-order valence-electron chi connectivity index (χ2n) is 6.80. The fourth-order valence-corrected chi connectivity index (χ4v) is 4.78. The maximum absolute atomic E-state index is 12.7. The molecule has 0 aromatic heterocycles. The van der Waals surface area contributed by atoms with E-state index in [1.807, 2.05) is 48.5 Å². The lowest BCUT2D eigenvalue weighted by Gasteiger charge is -2.32. The van der Waals surface area contributed by atoms with Crippen LogP contribution in [0.15, 0.2) is 53.4 Å². The van der Waals surface area contributed by atoms with Gasteiger partial charge in [-0.3, -0.25) is 14.5 Å². The van der Waals surface area contributed by atoms with Gasteiger partial charge in [0.15, 0.2) is 0 Å². The predicted octanol–water partition coefficient (Wildman–Crippen LogP) is 3.98. The number of carbonyl (C=O) groups is 2. The van der Waals surface area contributed by atoms with Crippen molar-refractivity contribution in [3.8, 4) is 0 Å². The van der Waals surface area contributed by atoms with Gasteiger partial charge in [-0.25, -0.2) is 0 Å². The SMILES string of the molecule is CCN(CC)C(CNC(=O)CN1C(=O)CSc2ccccc21)c1ccccc1Cl. The van der Waals surface area contributed by atoms with Gasteiger partial charge in [0.05, 0.1) is 17.5 Å². The standard InChI is InChI=1S/C22H26ClN3O2S/c1-3-25(4-2)19(16-9-5-6-10-17(16)23)13-24-21(27)14-26-18-11-7-8-12-20(18)29-15-22(26)28/h5-12,19H,3-4,13-15H2,1-2H3,(H,24,27). The molecule has 1 heterocycles. The summed E-state index contributed by atoms with van der Waals surface area (Å²) in [6, 6.07) is 15.4. The van der Waals surface area contributed by atoms with Gasteiger partial charge in [0, 0.05) is 16.5 Å². The summed E-state index contributed by atoms with van der Waals surface area (Å²) in [4.78, 5) is 30.0. The predicted molar refractivity (Wildman–Crippen MR) is 120 cm³/mol. The van der Waals surface area contributed by atoms with E-state index in [4.69, 9.17) is 11.6 Å². The van der Waals surface area contributed by atoms with Crippen LogP contribution in [0.25, 0.3) is 0 Å². The van der Waals surface area contributed by atoms with Gasteiger partial charge in [-0.2, -0.15) is 0 Å². The van der Waals surface area contributed by atoms with E-state index in [0.717, 1.165) is 29.2 Å². The molecule has 1 N–H and O–H groups in total. The molecule has 0 saturated carbocycles. The van der Waals surface area contributed by atoms with E-state index >= 15 is 0 Å². The number of amides is 2. The molecule has 0 radical (unpaired) electrons. The molecule has 154 valence electrons. The normalized spacial score (nSPS) is 14.6. The van der Waals surface area contributed by atoms with Gasteiger partial charge < -0.3 is 10.2 Å². The van der Waals surface area contributed by atoms with Crippen molar-refractivity contribution >= 4 is 40.9 Å². The third kappa shape index (κ3) is 5.13. The molecule has 2 aromatic rings. The molecule has 5 nitrogen and oxygen atoms in total. The zero-order chi connectivity index (χ0) is 20.8. The number of rotatable bonds is 8. The molecule has 1 aliphatic rings. The zero-order valence-electron chi connectivity index (χ0n) is 16.7. The largest absolute Gasteiger partial charge is 0.353 e. The Morgan fingerprint density at radius 3 is 2.59 bits per heavy atom. The number of carbonyl (C=O) groups excluding carboxylic acids is 2. The van der Waals surface area contributed by atoms with Crippen molar-refractivity contribution in [1.29, 1.82) is 0 Å². The minimum atomic E-state index is -0.177. The highest BCUT2D eigenvalue weighted by atomic mass is 35.5. The van der Waals surface area contributed by atoms with Crippen molar-refractivity contribution in [2.24, 2.45) is 0 Å². The Bertz CT molecular complexity index is 873. The molecule has 0 bridgehead atoms. The van der Waals surface area contributed by atoms with E-state index in [1.165, 1.54) is 11.8 Å². The summed E-state index contributed by atoms with van der Waals surface area (Å²) in [5.41, 5.74) is 1.80. The van der Waals surface area contributed by atoms with Gasteiger partial charge >= 0.3 is 0 Å². The number of nitrogens with one attached hydrogen (secondary N) is 1. The molecule has 1 unspecified atom stereocenters. The van der Waals surface area contributed by atoms with Gasteiger partial charge in [-0.05, 0) is 36.9 Å². The monoisotopic (exact) mass is 431 g/mol. The van der Waals surface area contributed by atoms with Crippen LogP contribution in [0.3, 0.4) is 0 Å². The van der Waals surface area contributed by atoms with Crippen LogP contribution in [0, 0.1) is 0 Å².